The lowest BCUT2D eigenvalue weighted by molar-refractivity contribution is 1.37. The second-order valence-electron chi connectivity index (χ2n) is 3.49. The fourth-order valence-corrected chi connectivity index (χ4v) is 1.84. The molecular weight excluding hydrogens is 243 g/mol. The van der Waals surface area contributed by atoms with E-state index in [-0.39, 0.29) is 0 Å². The van der Waals surface area contributed by atoms with E-state index in [0.29, 0.717) is 0 Å². The van der Waals surface area contributed by atoms with Crippen molar-refractivity contribution in [3.63, 3.8) is 0 Å². The van der Waals surface area contributed by atoms with Gasteiger partial charge < -0.3 is 0 Å². The van der Waals surface area contributed by atoms with E-state index in [2.05, 4.69) is 20.8 Å². The Bertz CT molecular complexity index is 103. The van der Waals surface area contributed by atoms with E-state index < -0.39 is 18.5 Å². The molecule has 0 N–H and O–H groups in total. The highest BCUT2D eigenvalue weighted by Gasteiger charge is 2.11. The first-order valence-corrected chi connectivity index (χ1v) is 11.2. The van der Waals surface area contributed by atoms with Gasteiger partial charge in [-0.05, 0) is 36.0 Å². The quantitative estimate of drug-likeness (QED) is 0.686. The maximum absolute atomic E-state index is 6.18. The minimum absolute atomic E-state index is 0.681. The standard InChI is InChI=1S/C6H15ClS.C3H9ClS/c1-4-8(7,5-2)6-3;1-5(2,3)4/h4-6H2,1-3H3;1-3H3. The Morgan fingerprint density at radius 3 is 0.923 bits per heavy atom. The van der Waals surface area contributed by atoms with Gasteiger partial charge >= 0.3 is 0 Å². The van der Waals surface area contributed by atoms with Gasteiger partial charge in [-0.1, -0.05) is 42.1 Å². The highest BCUT2D eigenvalue weighted by atomic mass is 35.7. The van der Waals surface area contributed by atoms with Crippen molar-refractivity contribution in [3.8, 4) is 0 Å². The zero-order valence-corrected chi connectivity index (χ0v) is 12.8. The van der Waals surface area contributed by atoms with E-state index >= 15 is 0 Å². The van der Waals surface area contributed by atoms with Gasteiger partial charge in [-0.25, -0.2) is 0 Å². The Morgan fingerprint density at radius 2 is 0.923 bits per heavy atom. The van der Waals surface area contributed by atoms with E-state index in [1.165, 1.54) is 17.3 Å². The molecule has 0 aromatic rings. The van der Waals surface area contributed by atoms with Gasteiger partial charge in [0.1, 0.15) is 0 Å². The highest BCUT2D eigenvalue weighted by Crippen LogP contribution is 2.51. The summed E-state index contributed by atoms with van der Waals surface area (Å²) < 4.78 is 0. The molecule has 0 aromatic heterocycles. The van der Waals surface area contributed by atoms with Crippen LogP contribution in [0.5, 0.6) is 0 Å². The van der Waals surface area contributed by atoms with Crippen molar-refractivity contribution >= 4 is 39.8 Å². The van der Waals surface area contributed by atoms with Crippen LogP contribution in [0.15, 0.2) is 0 Å². The van der Waals surface area contributed by atoms with Crippen LogP contribution in [-0.4, -0.2) is 36.0 Å². The van der Waals surface area contributed by atoms with Crippen molar-refractivity contribution in [2.45, 2.75) is 20.8 Å². The molecule has 13 heavy (non-hydrogen) atoms. The predicted molar refractivity (Wildman–Crippen MR) is 76.3 cm³/mol. The molecule has 0 spiro atoms. The van der Waals surface area contributed by atoms with Crippen molar-refractivity contribution in [1.82, 2.24) is 0 Å². The Morgan fingerprint density at radius 1 is 0.769 bits per heavy atom. The van der Waals surface area contributed by atoms with Crippen molar-refractivity contribution < 1.29 is 0 Å². The van der Waals surface area contributed by atoms with E-state index in [1.807, 2.05) is 18.8 Å². The van der Waals surface area contributed by atoms with Gasteiger partial charge in [0.2, 0.25) is 0 Å². The summed E-state index contributed by atoms with van der Waals surface area (Å²) in [5.74, 6) is 3.50. The summed E-state index contributed by atoms with van der Waals surface area (Å²) in [7, 11) is 10.4. The van der Waals surface area contributed by atoms with Crippen molar-refractivity contribution in [1.29, 1.82) is 0 Å². The number of rotatable bonds is 3. The maximum Gasteiger partial charge on any atom is -0.0129 e. The molecule has 0 amide bonds. The van der Waals surface area contributed by atoms with Gasteiger partial charge in [0.05, 0.1) is 0 Å². The van der Waals surface area contributed by atoms with Crippen LogP contribution in [0.4, 0.5) is 0 Å². The summed E-state index contributed by atoms with van der Waals surface area (Å²) in [6.07, 6.45) is 6.11. The van der Waals surface area contributed by atoms with Gasteiger partial charge in [-0.2, -0.15) is 18.5 Å². The molecule has 0 atom stereocenters. The Labute approximate surface area is 96.4 Å². The van der Waals surface area contributed by atoms with Crippen LogP contribution in [0.2, 0.25) is 0 Å². The zero-order chi connectivity index (χ0) is 11.1. The molecule has 0 unspecified atom stereocenters. The third kappa shape index (κ3) is 16.0. The molecule has 4 heteroatoms. The topological polar surface area (TPSA) is 0 Å². The summed E-state index contributed by atoms with van der Waals surface area (Å²) in [6.45, 7) is 6.53. The number of halogens is 2. The van der Waals surface area contributed by atoms with Crippen LogP contribution >= 0.6 is 39.8 Å². The molecule has 86 valence electrons. The summed E-state index contributed by atoms with van der Waals surface area (Å²) in [5.41, 5.74) is 0. The first-order valence-electron chi connectivity index (χ1n) is 4.52. The van der Waals surface area contributed by atoms with Crippen LogP contribution in [0, 0.1) is 0 Å². The van der Waals surface area contributed by atoms with Gasteiger partial charge in [0.25, 0.3) is 0 Å². The average Bonchev–Trinajstić information content (AvgIpc) is 2.00. The van der Waals surface area contributed by atoms with E-state index in [4.69, 9.17) is 21.4 Å². The fourth-order valence-electron chi connectivity index (χ4n) is 0.612. The lowest BCUT2D eigenvalue weighted by Crippen LogP contribution is -1.99. The van der Waals surface area contributed by atoms with Crippen LogP contribution in [0.1, 0.15) is 20.8 Å². The van der Waals surface area contributed by atoms with Crippen molar-refractivity contribution in [2.75, 3.05) is 36.0 Å². The van der Waals surface area contributed by atoms with Crippen LogP contribution < -0.4 is 0 Å². The number of hydrogen-bond donors (Lipinski definition) is 0. The van der Waals surface area contributed by atoms with Gasteiger partial charge in [0.15, 0.2) is 0 Å². The van der Waals surface area contributed by atoms with Crippen LogP contribution in [0.3, 0.4) is 0 Å². The first kappa shape index (κ1) is 16.7. The smallest absolute Gasteiger partial charge is 0.0129 e. The minimum Gasteiger partial charge on any atom is -0.172 e. The Hall–Kier alpha value is 1.28. The molecule has 0 radical (unpaired) electrons. The molecule has 0 bridgehead atoms. The molecule has 0 saturated heterocycles. The van der Waals surface area contributed by atoms with Gasteiger partial charge in [0, 0.05) is 0 Å². The zero-order valence-electron chi connectivity index (χ0n) is 9.69. The van der Waals surface area contributed by atoms with Gasteiger partial charge in [-0.15, -0.1) is 0 Å². The molecule has 0 rings (SSSR count). The van der Waals surface area contributed by atoms with Crippen molar-refractivity contribution in [3.05, 3.63) is 0 Å². The fraction of sp³-hybridized carbons (Fsp3) is 1.00. The molecule has 0 saturated carbocycles. The Balaban J connectivity index is 0. The summed E-state index contributed by atoms with van der Waals surface area (Å²) in [4.78, 5) is 0. The second kappa shape index (κ2) is 7.56. The molecule has 0 aliphatic carbocycles. The molecule has 0 nitrogen and oxygen atoms in total. The molecule has 0 aromatic carbocycles. The first-order chi connectivity index (χ1) is 5.68. The summed E-state index contributed by atoms with van der Waals surface area (Å²) >= 11 is 0. The normalized spacial score (nSPS) is 14.5. The van der Waals surface area contributed by atoms with E-state index in [9.17, 15) is 0 Å². The number of hydrogen-bond acceptors (Lipinski definition) is 0. The third-order valence-corrected chi connectivity index (χ3v) is 6.62. The highest BCUT2D eigenvalue weighted by molar-refractivity contribution is 8.51. The Kier molecular flexibility index (Phi) is 9.71. The molecule has 0 fully saturated rings. The van der Waals surface area contributed by atoms with E-state index in [1.54, 1.807) is 0 Å². The van der Waals surface area contributed by atoms with Crippen LogP contribution in [0.25, 0.3) is 0 Å². The lowest BCUT2D eigenvalue weighted by atomic mass is 10.9. The lowest BCUT2D eigenvalue weighted by Gasteiger charge is -2.27. The monoisotopic (exact) mass is 266 g/mol. The largest absolute Gasteiger partial charge is 0.172 e. The molecule has 0 aliphatic heterocycles. The molecular formula is C9H24Cl2S2. The maximum atomic E-state index is 6.18. The summed E-state index contributed by atoms with van der Waals surface area (Å²) in [5, 5.41) is 0. The van der Waals surface area contributed by atoms with Gasteiger partial charge in [-0.3, -0.25) is 0 Å². The molecule has 0 aliphatic rings. The minimum atomic E-state index is -0.694. The predicted octanol–water partition coefficient (Wildman–Crippen LogP) is 4.84. The third-order valence-electron chi connectivity index (χ3n) is 1.55. The van der Waals surface area contributed by atoms with Crippen LogP contribution in [-0.2, 0) is 0 Å². The van der Waals surface area contributed by atoms with Crippen molar-refractivity contribution in [2.24, 2.45) is 0 Å². The second-order valence-corrected chi connectivity index (χ2v) is 15.2. The molecule has 0 heterocycles. The average molecular weight is 267 g/mol. The van der Waals surface area contributed by atoms with E-state index in [0.717, 1.165) is 0 Å². The summed E-state index contributed by atoms with van der Waals surface area (Å²) in [6, 6.07) is 0. The SMILES string of the molecule is CCS(Cl)(CC)CC.CS(C)(C)Cl.